The standard InChI is InChI=1S/C6H8NO/c1-2-5-8-7-6-3-4-6/h6-7H,1,3-4H2/q-1. The lowest BCUT2D eigenvalue weighted by atomic mass is 10.8. The Balaban J connectivity index is 1.92. The van der Waals surface area contributed by atoms with Crippen LogP contribution in [-0.4, -0.2) is 6.04 Å². The minimum Gasteiger partial charge on any atom is -0.463 e. The number of hydrogen-bond acceptors (Lipinski definition) is 2. The normalized spacial score (nSPS) is 16.5. The van der Waals surface area contributed by atoms with Gasteiger partial charge in [-0.05, 0) is 12.8 Å². The molecule has 2 heteroatoms. The van der Waals surface area contributed by atoms with Crippen LogP contribution in [0.1, 0.15) is 12.8 Å². The van der Waals surface area contributed by atoms with Gasteiger partial charge in [-0.3, -0.25) is 5.92 Å². The van der Waals surface area contributed by atoms with Gasteiger partial charge in [-0.1, -0.05) is 0 Å². The van der Waals surface area contributed by atoms with Crippen LogP contribution in [0.3, 0.4) is 0 Å². The zero-order chi connectivity index (χ0) is 5.82. The van der Waals surface area contributed by atoms with Crippen molar-refractivity contribution in [1.29, 1.82) is 0 Å². The third-order valence-corrected chi connectivity index (χ3v) is 0.926. The topological polar surface area (TPSA) is 21.3 Å². The van der Waals surface area contributed by atoms with Gasteiger partial charge in [-0.15, -0.1) is 6.11 Å². The van der Waals surface area contributed by atoms with Crippen LogP contribution in [0, 0.1) is 19.0 Å². The summed E-state index contributed by atoms with van der Waals surface area (Å²) in [4.78, 5) is 4.63. The minimum absolute atomic E-state index is 0.552. The van der Waals surface area contributed by atoms with Crippen molar-refractivity contribution in [2.24, 2.45) is 0 Å². The fourth-order valence-electron chi connectivity index (χ4n) is 0.350. The molecule has 0 atom stereocenters. The van der Waals surface area contributed by atoms with Crippen LogP contribution in [0.2, 0.25) is 0 Å². The molecule has 1 N–H and O–H groups in total. The Labute approximate surface area is 49.2 Å². The smallest absolute Gasteiger partial charge is 0.0417 e. The van der Waals surface area contributed by atoms with E-state index in [1.54, 1.807) is 0 Å². The molecule has 0 aliphatic heterocycles. The molecular weight excluding hydrogens is 102 g/mol. The zero-order valence-corrected chi connectivity index (χ0v) is 4.61. The van der Waals surface area contributed by atoms with Crippen LogP contribution in [0.5, 0.6) is 0 Å². The minimum atomic E-state index is 0.552. The van der Waals surface area contributed by atoms with Crippen molar-refractivity contribution in [2.75, 3.05) is 0 Å². The van der Waals surface area contributed by atoms with Crippen LogP contribution < -0.4 is 5.48 Å². The lowest BCUT2D eigenvalue weighted by molar-refractivity contribution is 0.152. The Bertz CT molecular complexity index is 118. The first-order chi connectivity index (χ1) is 3.93. The third kappa shape index (κ3) is 1.76. The van der Waals surface area contributed by atoms with Gasteiger partial charge in [0, 0.05) is 6.04 Å². The van der Waals surface area contributed by atoms with Crippen molar-refractivity contribution in [1.82, 2.24) is 5.48 Å². The molecule has 1 rings (SSSR count). The molecule has 0 spiro atoms. The van der Waals surface area contributed by atoms with Gasteiger partial charge in [0.25, 0.3) is 0 Å². The van der Waals surface area contributed by atoms with Gasteiger partial charge in [-0.25, -0.2) is 0 Å². The molecule has 44 valence electrons. The van der Waals surface area contributed by atoms with E-state index >= 15 is 0 Å². The third-order valence-electron chi connectivity index (χ3n) is 0.926. The summed E-state index contributed by atoms with van der Waals surface area (Å²) in [6.07, 6.45) is 4.76. The van der Waals surface area contributed by atoms with Gasteiger partial charge in [0.15, 0.2) is 0 Å². The highest BCUT2D eigenvalue weighted by Gasteiger charge is 2.20. The van der Waals surface area contributed by atoms with Gasteiger partial charge < -0.3 is 4.84 Å². The monoisotopic (exact) mass is 110 g/mol. The highest BCUT2D eigenvalue weighted by atomic mass is 16.6. The van der Waals surface area contributed by atoms with Crippen molar-refractivity contribution < 1.29 is 4.84 Å². The molecular formula is C6H8NO-. The van der Waals surface area contributed by atoms with E-state index in [-0.39, 0.29) is 0 Å². The van der Waals surface area contributed by atoms with Gasteiger partial charge in [0.1, 0.15) is 0 Å². The van der Waals surface area contributed by atoms with Gasteiger partial charge in [0.2, 0.25) is 0 Å². The fraction of sp³-hybridized carbons (Fsp3) is 0.500. The fourth-order valence-corrected chi connectivity index (χ4v) is 0.350. The van der Waals surface area contributed by atoms with E-state index < -0.39 is 0 Å². The van der Waals surface area contributed by atoms with Crippen molar-refractivity contribution in [2.45, 2.75) is 18.9 Å². The molecule has 0 saturated heterocycles. The van der Waals surface area contributed by atoms with E-state index in [1.165, 1.54) is 12.8 Å². The molecule has 1 fully saturated rings. The van der Waals surface area contributed by atoms with Gasteiger partial charge in [0.05, 0.1) is 0 Å². The predicted octanol–water partition coefficient (Wildman–Crippen LogP) is 0.465. The number of rotatable bonds is 2. The first-order valence-corrected chi connectivity index (χ1v) is 2.62. The lowest BCUT2D eigenvalue weighted by Crippen LogP contribution is -2.12. The molecule has 1 saturated carbocycles. The van der Waals surface area contributed by atoms with Crippen molar-refractivity contribution >= 4 is 0 Å². The predicted molar refractivity (Wildman–Crippen MR) is 30.4 cm³/mol. The van der Waals surface area contributed by atoms with Crippen LogP contribution in [-0.2, 0) is 4.84 Å². The molecule has 0 aromatic heterocycles. The van der Waals surface area contributed by atoms with E-state index in [1.807, 2.05) is 0 Å². The summed E-state index contributed by atoms with van der Waals surface area (Å²) in [7, 11) is 0. The largest absolute Gasteiger partial charge is 0.463 e. The number of hydrogen-bond donors (Lipinski definition) is 1. The summed E-state index contributed by atoms with van der Waals surface area (Å²) in [6.45, 7) is 3.28. The van der Waals surface area contributed by atoms with Crippen LogP contribution in [0.15, 0.2) is 0 Å². The molecule has 0 unspecified atom stereocenters. The van der Waals surface area contributed by atoms with E-state index in [0.29, 0.717) is 6.04 Å². The molecule has 2 nitrogen and oxygen atoms in total. The summed E-state index contributed by atoms with van der Waals surface area (Å²) in [5, 5.41) is 0. The quantitative estimate of drug-likeness (QED) is 0.317. The van der Waals surface area contributed by atoms with Crippen LogP contribution >= 0.6 is 0 Å². The molecule has 0 radical (unpaired) electrons. The first kappa shape index (κ1) is 5.33. The second-order valence-corrected chi connectivity index (χ2v) is 1.77. The van der Waals surface area contributed by atoms with E-state index in [0.717, 1.165) is 0 Å². The second kappa shape index (κ2) is 2.49. The molecule has 0 bridgehead atoms. The summed E-state index contributed by atoms with van der Waals surface area (Å²) in [6, 6.07) is 0.552. The maximum atomic E-state index is 4.63. The Kier molecular flexibility index (Phi) is 1.66. The SMILES string of the molecule is [CH2-]C#CONC1CC1. The van der Waals surface area contributed by atoms with Crippen LogP contribution in [0.4, 0.5) is 0 Å². The van der Waals surface area contributed by atoms with Gasteiger partial charge in [-0.2, -0.15) is 12.4 Å². The highest BCUT2D eigenvalue weighted by molar-refractivity contribution is 4.94. The van der Waals surface area contributed by atoms with Crippen molar-refractivity contribution in [3.63, 3.8) is 0 Å². The molecule has 0 aromatic carbocycles. The number of nitrogens with one attached hydrogen (secondary N) is 1. The lowest BCUT2D eigenvalue weighted by Gasteiger charge is -1.99. The second-order valence-electron chi connectivity index (χ2n) is 1.77. The summed E-state index contributed by atoms with van der Waals surface area (Å²) >= 11 is 0. The maximum Gasteiger partial charge on any atom is 0.0417 e. The van der Waals surface area contributed by atoms with Gasteiger partial charge >= 0.3 is 0 Å². The van der Waals surface area contributed by atoms with E-state index in [2.05, 4.69) is 29.3 Å². The zero-order valence-electron chi connectivity index (χ0n) is 4.61. The molecule has 0 heterocycles. The molecule has 0 aromatic rings. The number of hydroxylamine groups is 1. The average molecular weight is 110 g/mol. The van der Waals surface area contributed by atoms with E-state index in [9.17, 15) is 0 Å². The van der Waals surface area contributed by atoms with Crippen LogP contribution in [0.25, 0.3) is 0 Å². The maximum absolute atomic E-state index is 4.63. The Morgan fingerprint density at radius 3 is 2.88 bits per heavy atom. The first-order valence-electron chi connectivity index (χ1n) is 2.62. The Morgan fingerprint density at radius 1 is 1.62 bits per heavy atom. The molecule has 1 aliphatic rings. The van der Waals surface area contributed by atoms with E-state index in [4.69, 9.17) is 0 Å². The summed E-state index contributed by atoms with van der Waals surface area (Å²) in [5.41, 5.74) is 2.74. The Hall–Kier alpha value is -0.810. The molecule has 1 aliphatic carbocycles. The molecule has 0 amide bonds. The summed E-state index contributed by atoms with van der Waals surface area (Å²) in [5.74, 6) is 2.37. The Morgan fingerprint density at radius 2 is 2.38 bits per heavy atom. The van der Waals surface area contributed by atoms with Crippen molar-refractivity contribution in [3.8, 4) is 12.0 Å². The highest BCUT2D eigenvalue weighted by Crippen LogP contribution is 2.17. The average Bonchev–Trinajstić information content (AvgIpc) is 2.51. The van der Waals surface area contributed by atoms with Crippen molar-refractivity contribution in [3.05, 3.63) is 6.92 Å². The molecule has 8 heavy (non-hydrogen) atoms. The summed E-state index contributed by atoms with van der Waals surface area (Å²) < 4.78 is 0.